The van der Waals surface area contributed by atoms with Crippen LogP contribution in [0.5, 0.6) is 11.5 Å². The molecule has 27 heavy (non-hydrogen) atoms. The van der Waals surface area contributed by atoms with E-state index in [1.807, 2.05) is 6.92 Å². The van der Waals surface area contributed by atoms with Gasteiger partial charge in [-0.15, -0.1) is 0 Å². The van der Waals surface area contributed by atoms with E-state index >= 15 is 0 Å². The first-order valence-corrected chi connectivity index (χ1v) is 8.68. The van der Waals surface area contributed by atoms with Crippen molar-refractivity contribution < 1.29 is 9.84 Å². The molecule has 8 heteroatoms. The fourth-order valence-corrected chi connectivity index (χ4v) is 3.07. The molecule has 0 amide bonds. The van der Waals surface area contributed by atoms with Crippen LogP contribution in [0.2, 0.25) is 0 Å². The van der Waals surface area contributed by atoms with Crippen LogP contribution in [-0.4, -0.2) is 30.9 Å². The third kappa shape index (κ3) is 3.03. The number of phenols is 1. The molecule has 3 aromatic rings. The number of imidazole rings is 1. The van der Waals surface area contributed by atoms with Crippen LogP contribution < -0.4 is 16.0 Å². The van der Waals surface area contributed by atoms with Gasteiger partial charge in [0.05, 0.1) is 7.11 Å². The number of hydrogen-bond donors (Lipinski definition) is 1. The predicted molar refractivity (Wildman–Crippen MR) is 104 cm³/mol. The normalized spacial score (nSPS) is 11.6. The number of aromatic hydroxyl groups is 1. The molecule has 0 aliphatic rings. The fraction of sp³-hybridized carbons (Fsp3) is 0.316. The number of methoxy groups -OCH3 is 1. The topological polar surface area (TPSA) is 91.3 Å². The molecule has 3 rings (SSSR count). The molecule has 0 spiro atoms. The molecule has 0 fully saturated rings. The highest BCUT2D eigenvalue weighted by atomic mass is 16.5. The smallest absolute Gasteiger partial charge is 0.332 e. The van der Waals surface area contributed by atoms with Crippen LogP contribution >= 0.6 is 0 Å². The molecule has 2 aromatic heterocycles. The lowest BCUT2D eigenvalue weighted by atomic mass is 10.2. The lowest BCUT2D eigenvalue weighted by Gasteiger charge is -2.08. The van der Waals surface area contributed by atoms with Crippen molar-refractivity contribution >= 4 is 23.3 Å². The van der Waals surface area contributed by atoms with Gasteiger partial charge >= 0.3 is 5.69 Å². The molecular formula is C19H22N4O4. The van der Waals surface area contributed by atoms with Crippen LogP contribution in [0.1, 0.15) is 25.2 Å². The van der Waals surface area contributed by atoms with Crippen LogP contribution in [0.3, 0.4) is 0 Å². The second-order valence-corrected chi connectivity index (χ2v) is 6.04. The molecule has 142 valence electrons. The van der Waals surface area contributed by atoms with Gasteiger partial charge in [0.2, 0.25) is 0 Å². The van der Waals surface area contributed by atoms with Crippen LogP contribution in [-0.2, 0) is 20.1 Å². The summed E-state index contributed by atoms with van der Waals surface area (Å²) < 4.78 is 9.42. The number of nitrogens with zero attached hydrogens (tertiary/aromatic N) is 4. The number of fused-ring (bicyclic) bond motifs is 1. The van der Waals surface area contributed by atoms with E-state index in [0.29, 0.717) is 35.8 Å². The molecule has 1 aromatic carbocycles. The molecule has 0 saturated heterocycles. The van der Waals surface area contributed by atoms with Gasteiger partial charge in [-0.3, -0.25) is 13.9 Å². The third-order valence-corrected chi connectivity index (χ3v) is 4.54. The van der Waals surface area contributed by atoms with Gasteiger partial charge in [-0.1, -0.05) is 12.1 Å². The largest absolute Gasteiger partial charge is 0.504 e. The van der Waals surface area contributed by atoms with Crippen LogP contribution in [0.4, 0.5) is 0 Å². The van der Waals surface area contributed by atoms with Crippen molar-refractivity contribution in [3.63, 3.8) is 0 Å². The van der Waals surface area contributed by atoms with E-state index in [9.17, 15) is 14.7 Å². The first-order valence-electron chi connectivity index (χ1n) is 8.68. The Labute approximate surface area is 155 Å². The van der Waals surface area contributed by atoms with E-state index in [0.717, 1.165) is 5.56 Å². The van der Waals surface area contributed by atoms with Crippen molar-refractivity contribution in [2.45, 2.75) is 26.9 Å². The second kappa shape index (κ2) is 7.14. The van der Waals surface area contributed by atoms with Gasteiger partial charge in [0, 0.05) is 20.1 Å². The number of phenolic OH excluding ortho intramolecular Hbond substituents is 1. The highest BCUT2D eigenvalue weighted by Crippen LogP contribution is 2.27. The van der Waals surface area contributed by atoms with E-state index in [-0.39, 0.29) is 17.0 Å². The summed E-state index contributed by atoms with van der Waals surface area (Å²) in [7, 11) is 3.23. The van der Waals surface area contributed by atoms with Crippen molar-refractivity contribution in [2.75, 3.05) is 7.11 Å². The summed E-state index contributed by atoms with van der Waals surface area (Å²) in [6.07, 6.45) is 3.51. The lowest BCUT2D eigenvalue weighted by Crippen LogP contribution is -2.39. The summed E-state index contributed by atoms with van der Waals surface area (Å²) in [5.41, 5.74) is 0.803. The van der Waals surface area contributed by atoms with E-state index in [4.69, 9.17) is 4.74 Å². The maximum absolute atomic E-state index is 12.7. The highest BCUT2D eigenvalue weighted by molar-refractivity contribution is 5.77. The molecular weight excluding hydrogens is 348 g/mol. The van der Waals surface area contributed by atoms with Crippen molar-refractivity contribution in [2.24, 2.45) is 7.05 Å². The molecule has 0 radical (unpaired) electrons. The molecule has 8 nitrogen and oxygen atoms in total. The Bertz CT molecular complexity index is 1150. The van der Waals surface area contributed by atoms with E-state index in [1.165, 1.54) is 16.2 Å². The lowest BCUT2D eigenvalue weighted by molar-refractivity contribution is 0.373. The molecule has 0 aliphatic heterocycles. The van der Waals surface area contributed by atoms with Crippen LogP contribution in [0.15, 0.2) is 27.8 Å². The van der Waals surface area contributed by atoms with Crippen molar-refractivity contribution in [1.82, 2.24) is 18.7 Å². The zero-order valence-electron chi connectivity index (χ0n) is 15.8. The molecule has 2 heterocycles. The second-order valence-electron chi connectivity index (χ2n) is 6.04. The Balaban J connectivity index is 2.15. The number of aryl methyl sites for hydroxylation is 2. The van der Waals surface area contributed by atoms with E-state index in [2.05, 4.69) is 4.98 Å². The first kappa shape index (κ1) is 18.5. The van der Waals surface area contributed by atoms with Gasteiger partial charge in [0.25, 0.3) is 5.56 Å². The minimum Gasteiger partial charge on any atom is -0.504 e. The summed E-state index contributed by atoms with van der Waals surface area (Å²) >= 11 is 0. The van der Waals surface area contributed by atoms with Crippen molar-refractivity contribution in [3.8, 4) is 11.5 Å². The Morgan fingerprint density at radius 2 is 1.85 bits per heavy atom. The first-order chi connectivity index (χ1) is 12.9. The Morgan fingerprint density at radius 3 is 2.44 bits per heavy atom. The predicted octanol–water partition coefficient (Wildman–Crippen LogP) is 1.82. The summed E-state index contributed by atoms with van der Waals surface area (Å²) in [6, 6.07) is 5.03. The maximum Gasteiger partial charge on any atom is 0.332 e. The standard InChI is InChI=1S/C19H22N4O4/c1-5-22-17-16(18(25)23(6-2)19(22)26)21(3)15(20-17)10-8-12-7-9-14(27-4)13(24)11-12/h7-11,24H,5-6H2,1-4H3. The fourth-order valence-electron chi connectivity index (χ4n) is 3.07. The van der Waals surface area contributed by atoms with Gasteiger partial charge in [0.1, 0.15) is 5.82 Å². The summed E-state index contributed by atoms with van der Waals surface area (Å²) in [5.74, 6) is 0.963. The van der Waals surface area contributed by atoms with Gasteiger partial charge in [-0.25, -0.2) is 9.78 Å². The molecule has 0 aliphatic carbocycles. The SMILES string of the molecule is CCn1c(=O)c2c(nc(C=Cc3ccc(OC)c(O)c3)n2C)n(CC)c1=O. The van der Waals surface area contributed by atoms with E-state index < -0.39 is 0 Å². The number of rotatable bonds is 5. The van der Waals surface area contributed by atoms with Gasteiger partial charge in [-0.05, 0) is 37.6 Å². The Hall–Kier alpha value is -3.29. The zero-order valence-corrected chi connectivity index (χ0v) is 15.8. The number of hydrogen-bond acceptors (Lipinski definition) is 5. The molecule has 0 unspecified atom stereocenters. The maximum atomic E-state index is 12.7. The van der Waals surface area contributed by atoms with Gasteiger partial charge in [-0.2, -0.15) is 0 Å². The highest BCUT2D eigenvalue weighted by Gasteiger charge is 2.17. The number of aromatic nitrogens is 4. The third-order valence-electron chi connectivity index (χ3n) is 4.54. The van der Waals surface area contributed by atoms with Crippen molar-refractivity contribution in [1.29, 1.82) is 0 Å². The minimum atomic E-state index is -0.355. The van der Waals surface area contributed by atoms with Crippen molar-refractivity contribution in [3.05, 3.63) is 50.4 Å². The quantitative estimate of drug-likeness (QED) is 0.740. The number of benzene rings is 1. The van der Waals surface area contributed by atoms with Gasteiger partial charge in [0.15, 0.2) is 22.7 Å². The number of ether oxygens (including phenoxy) is 1. The Morgan fingerprint density at radius 1 is 1.15 bits per heavy atom. The zero-order chi connectivity index (χ0) is 19.7. The Kier molecular flexibility index (Phi) is 4.89. The molecule has 0 atom stereocenters. The molecule has 0 bridgehead atoms. The summed E-state index contributed by atoms with van der Waals surface area (Å²) in [4.78, 5) is 29.7. The van der Waals surface area contributed by atoms with Crippen LogP contribution in [0.25, 0.3) is 23.3 Å². The minimum absolute atomic E-state index is 0.0373. The van der Waals surface area contributed by atoms with Gasteiger partial charge < -0.3 is 14.4 Å². The molecule has 1 N–H and O–H groups in total. The molecule has 0 saturated carbocycles. The summed E-state index contributed by atoms with van der Waals surface area (Å²) in [6.45, 7) is 4.33. The average Bonchev–Trinajstić information content (AvgIpc) is 2.97. The average molecular weight is 370 g/mol. The summed E-state index contributed by atoms with van der Waals surface area (Å²) in [5, 5.41) is 9.89. The van der Waals surface area contributed by atoms with Crippen LogP contribution in [0, 0.1) is 0 Å². The monoisotopic (exact) mass is 370 g/mol. The van der Waals surface area contributed by atoms with E-state index in [1.54, 1.807) is 48.9 Å².